The predicted octanol–water partition coefficient (Wildman–Crippen LogP) is 2.40. The quantitative estimate of drug-likeness (QED) is 0.912. The molecule has 0 radical (unpaired) electrons. The lowest BCUT2D eigenvalue weighted by Gasteiger charge is -2.23. The normalized spacial score (nSPS) is 14.2. The highest BCUT2D eigenvalue weighted by molar-refractivity contribution is 5.37. The van der Waals surface area contributed by atoms with Crippen molar-refractivity contribution in [3.63, 3.8) is 0 Å². The zero-order valence-corrected chi connectivity index (χ0v) is 12.7. The van der Waals surface area contributed by atoms with Gasteiger partial charge in [0.05, 0.1) is 0 Å². The van der Waals surface area contributed by atoms with E-state index >= 15 is 0 Å². The molecule has 0 atom stereocenters. The van der Waals surface area contributed by atoms with Crippen LogP contribution in [-0.4, -0.2) is 30.0 Å². The summed E-state index contributed by atoms with van der Waals surface area (Å²) >= 11 is 0. The van der Waals surface area contributed by atoms with E-state index in [9.17, 15) is 0 Å². The van der Waals surface area contributed by atoms with E-state index in [2.05, 4.69) is 52.6 Å². The molecule has 1 aromatic carbocycles. The van der Waals surface area contributed by atoms with Gasteiger partial charge in [-0.2, -0.15) is 0 Å². The summed E-state index contributed by atoms with van der Waals surface area (Å²) in [4.78, 5) is 6.48. The van der Waals surface area contributed by atoms with E-state index in [-0.39, 0.29) is 0 Å². The van der Waals surface area contributed by atoms with E-state index in [0.29, 0.717) is 0 Å². The maximum atomic E-state index is 4.07. The van der Waals surface area contributed by atoms with Crippen LogP contribution in [0, 0.1) is 0 Å². The molecule has 0 unspecified atom stereocenters. The molecule has 3 rings (SSSR count). The van der Waals surface area contributed by atoms with Crippen molar-refractivity contribution >= 4 is 0 Å². The second-order valence-corrected chi connectivity index (χ2v) is 5.82. The smallest absolute Gasteiger partial charge is 0.0270 e. The SMILES string of the molecule is CN(CCc1ccncc1)Cc1cccc2c1CCNC2. The minimum absolute atomic E-state index is 1.02. The van der Waals surface area contributed by atoms with Crippen LogP contribution in [0.2, 0.25) is 0 Å². The van der Waals surface area contributed by atoms with Crippen molar-refractivity contribution in [3.8, 4) is 0 Å². The lowest BCUT2D eigenvalue weighted by molar-refractivity contribution is 0.329. The van der Waals surface area contributed by atoms with Gasteiger partial charge < -0.3 is 10.2 Å². The number of nitrogens with zero attached hydrogens (tertiary/aromatic N) is 2. The predicted molar refractivity (Wildman–Crippen MR) is 86.1 cm³/mol. The molecule has 3 nitrogen and oxygen atoms in total. The molecule has 1 aliphatic heterocycles. The summed E-state index contributed by atoms with van der Waals surface area (Å²) in [6.45, 7) is 4.23. The number of likely N-dealkylation sites (N-methyl/N-ethyl adjacent to an activating group) is 1. The fraction of sp³-hybridized carbons (Fsp3) is 0.389. The molecule has 2 heterocycles. The summed E-state index contributed by atoms with van der Waals surface area (Å²) in [5.74, 6) is 0. The Kier molecular flexibility index (Phi) is 4.63. The third kappa shape index (κ3) is 3.69. The maximum Gasteiger partial charge on any atom is 0.0270 e. The largest absolute Gasteiger partial charge is 0.312 e. The first-order chi connectivity index (χ1) is 10.3. The first-order valence-corrected chi connectivity index (χ1v) is 7.71. The summed E-state index contributed by atoms with van der Waals surface area (Å²) in [6, 6.07) is 10.9. The van der Waals surface area contributed by atoms with Gasteiger partial charge in [0, 0.05) is 32.0 Å². The standard InChI is InChI=1S/C18H23N3/c1-21(12-8-15-5-9-19-10-6-15)14-17-4-2-3-16-13-20-11-7-18(16)17/h2-6,9-10,20H,7-8,11-14H2,1H3. The van der Waals surface area contributed by atoms with Crippen LogP contribution in [-0.2, 0) is 25.9 Å². The minimum atomic E-state index is 1.02. The Hall–Kier alpha value is -1.71. The van der Waals surface area contributed by atoms with Crippen molar-refractivity contribution in [2.75, 3.05) is 20.1 Å². The van der Waals surface area contributed by atoms with E-state index in [0.717, 1.165) is 39.0 Å². The number of nitrogens with one attached hydrogen (secondary N) is 1. The van der Waals surface area contributed by atoms with Gasteiger partial charge >= 0.3 is 0 Å². The van der Waals surface area contributed by atoms with Crippen molar-refractivity contribution in [2.24, 2.45) is 0 Å². The van der Waals surface area contributed by atoms with Crippen molar-refractivity contribution in [1.29, 1.82) is 0 Å². The van der Waals surface area contributed by atoms with E-state index in [1.54, 1.807) is 5.56 Å². The van der Waals surface area contributed by atoms with Crippen molar-refractivity contribution in [3.05, 3.63) is 65.0 Å². The summed E-state index contributed by atoms with van der Waals surface area (Å²) in [5.41, 5.74) is 5.88. The lowest BCUT2D eigenvalue weighted by Crippen LogP contribution is -2.27. The average Bonchev–Trinajstić information content (AvgIpc) is 2.54. The Morgan fingerprint density at radius 2 is 2.05 bits per heavy atom. The van der Waals surface area contributed by atoms with Gasteiger partial charge in [0.2, 0.25) is 0 Å². The van der Waals surface area contributed by atoms with Crippen LogP contribution in [0.4, 0.5) is 0 Å². The number of benzene rings is 1. The van der Waals surface area contributed by atoms with Gasteiger partial charge in [-0.3, -0.25) is 4.98 Å². The van der Waals surface area contributed by atoms with Crippen LogP contribution in [0.25, 0.3) is 0 Å². The number of rotatable bonds is 5. The van der Waals surface area contributed by atoms with Gasteiger partial charge in [0.25, 0.3) is 0 Å². The third-order valence-electron chi connectivity index (χ3n) is 4.21. The summed E-state index contributed by atoms with van der Waals surface area (Å²) in [5, 5.41) is 3.45. The molecule has 2 aromatic rings. The topological polar surface area (TPSA) is 28.2 Å². The first-order valence-electron chi connectivity index (χ1n) is 7.71. The fourth-order valence-electron chi connectivity index (χ4n) is 3.00. The average molecular weight is 281 g/mol. The Morgan fingerprint density at radius 1 is 1.19 bits per heavy atom. The van der Waals surface area contributed by atoms with Gasteiger partial charge in [-0.1, -0.05) is 18.2 Å². The van der Waals surface area contributed by atoms with Crippen LogP contribution in [0.1, 0.15) is 22.3 Å². The molecule has 0 bridgehead atoms. The molecule has 1 aliphatic rings. The van der Waals surface area contributed by atoms with Gasteiger partial charge in [0.1, 0.15) is 0 Å². The van der Waals surface area contributed by atoms with Gasteiger partial charge in [0.15, 0.2) is 0 Å². The molecule has 0 saturated heterocycles. The third-order valence-corrected chi connectivity index (χ3v) is 4.21. The molecule has 0 saturated carbocycles. The molecular weight excluding hydrogens is 258 g/mol. The van der Waals surface area contributed by atoms with E-state index in [1.165, 1.54) is 16.7 Å². The molecule has 3 heteroatoms. The van der Waals surface area contributed by atoms with Crippen molar-refractivity contribution in [2.45, 2.75) is 25.9 Å². The molecule has 21 heavy (non-hydrogen) atoms. The summed E-state index contributed by atoms with van der Waals surface area (Å²) in [7, 11) is 2.21. The highest BCUT2D eigenvalue weighted by atomic mass is 15.1. The Labute approximate surface area is 127 Å². The van der Waals surface area contributed by atoms with Crippen LogP contribution < -0.4 is 5.32 Å². The number of aromatic nitrogens is 1. The van der Waals surface area contributed by atoms with Crippen LogP contribution in [0.15, 0.2) is 42.7 Å². The van der Waals surface area contributed by atoms with Gasteiger partial charge in [-0.15, -0.1) is 0 Å². The van der Waals surface area contributed by atoms with Crippen LogP contribution in [0.5, 0.6) is 0 Å². The monoisotopic (exact) mass is 281 g/mol. The number of pyridine rings is 1. The Balaban J connectivity index is 1.61. The van der Waals surface area contributed by atoms with E-state index in [1.807, 2.05) is 12.4 Å². The molecule has 0 fully saturated rings. The molecule has 1 N–H and O–H groups in total. The minimum Gasteiger partial charge on any atom is -0.312 e. The fourth-order valence-corrected chi connectivity index (χ4v) is 3.00. The van der Waals surface area contributed by atoms with Gasteiger partial charge in [-0.25, -0.2) is 0 Å². The number of fused-ring (bicyclic) bond motifs is 1. The molecule has 0 amide bonds. The molecular formula is C18H23N3. The number of hydrogen-bond donors (Lipinski definition) is 1. The first kappa shape index (κ1) is 14.2. The second-order valence-electron chi connectivity index (χ2n) is 5.82. The van der Waals surface area contributed by atoms with Crippen molar-refractivity contribution in [1.82, 2.24) is 15.2 Å². The summed E-state index contributed by atoms with van der Waals surface area (Å²) in [6.07, 6.45) is 5.98. The Bertz CT molecular complexity index is 580. The maximum absolute atomic E-state index is 4.07. The Morgan fingerprint density at radius 3 is 2.90 bits per heavy atom. The van der Waals surface area contributed by atoms with Gasteiger partial charge in [-0.05, 0) is 60.8 Å². The second kappa shape index (κ2) is 6.83. The highest BCUT2D eigenvalue weighted by Gasteiger charge is 2.13. The molecule has 0 aliphatic carbocycles. The zero-order chi connectivity index (χ0) is 14.5. The lowest BCUT2D eigenvalue weighted by atomic mass is 9.95. The highest BCUT2D eigenvalue weighted by Crippen LogP contribution is 2.19. The molecule has 0 spiro atoms. The van der Waals surface area contributed by atoms with Crippen molar-refractivity contribution < 1.29 is 0 Å². The molecule has 1 aromatic heterocycles. The summed E-state index contributed by atoms with van der Waals surface area (Å²) < 4.78 is 0. The van der Waals surface area contributed by atoms with Crippen LogP contribution >= 0.6 is 0 Å². The number of hydrogen-bond acceptors (Lipinski definition) is 3. The molecule has 110 valence electrons. The van der Waals surface area contributed by atoms with E-state index in [4.69, 9.17) is 0 Å². The van der Waals surface area contributed by atoms with E-state index < -0.39 is 0 Å². The zero-order valence-electron chi connectivity index (χ0n) is 12.7. The van der Waals surface area contributed by atoms with Crippen LogP contribution in [0.3, 0.4) is 0 Å².